The average Bonchev–Trinajstić information content (AvgIpc) is 2.08. The molecule has 0 aliphatic heterocycles. The third-order valence-corrected chi connectivity index (χ3v) is 1.44. The second kappa shape index (κ2) is 3.90. The maximum absolute atomic E-state index is 12.9. The number of hydrogen-bond acceptors (Lipinski definition) is 2. The summed E-state index contributed by atoms with van der Waals surface area (Å²) in [7, 11) is 0. The third kappa shape index (κ3) is 2.18. The van der Waals surface area contributed by atoms with Crippen LogP contribution in [0.1, 0.15) is 17.7 Å². The lowest BCUT2D eigenvalue weighted by Crippen LogP contribution is -1.96. The van der Waals surface area contributed by atoms with Gasteiger partial charge < -0.3 is 0 Å². The summed E-state index contributed by atoms with van der Waals surface area (Å²) in [4.78, 5) is 3.41. The van der Waals surface area contributed by atoms with Crippen molar-refractivity contribution in [3.05, 3.63) is 29.3 Å². The molecule has 0 spiro atoms. The predicted octanol–water partition coefficient (Wildman–Crippen LogP) is 2.22. The van der Waals surface area contributed by atoms with Gasteiger partial charge in [-0.2, -0.15) is 5.26 Å². The number of rotatable bonds is 2. The molecule has 0 N–H and O–H groups in total. The summed E-state index contributed by atoms with van der Waals surface area (Å²) in [6, 6.07) is 2.38. The zero-order valence-electron chi connectivity index (χ0n) is 6.47. The van der Waals surface area contributed by atoms with Crippen molar-refractivity contribution in [1.82, 2.24) is 4.98 Å². The SMILES string of the molecule is N#CCc1ncc(C(F)F)cc1F. The number of hydrogen-bond donors (Lipinski definition) is 0. The summed E-state index contributed by atoms with van der Waals surface area (Å²) in [6.45, 7) is 0. The topological polar surface area (TPSA) is 36.7 Å². The minimum Gasteiger partial charge on any atom is -0.257 e. The smallest absolute Gasteiger partial charge is 0.257 e. The Bertz CT molecular complexity index is 344. The second-order valence-electron chi connectivity index (χ2n) is 2.33. The molecule has 0 saturated heterocycles. The molecule has 1 heterocycles. The number of alkyl halides is 2. The lowest BCUT2D eigenvalue weighted by Gasteiger charge is -2.00. The van der Waals surface area contributed by atoms with Crippen molar-refractivity contribution in [2.45, 2.75) is 12.8 Å². The molecule has 0 atom stereocenters. The quantitative estimate of drug-likeness (QED) is 0.710. The van der Waals surface area contributed by atoms with Gasteiger partial charge >= 0.3 is 0 Å². The maximum atomic E-state index is 12.9. The normalized spacial score (nSPS) is 10.1. The van der Waals surface area contributed by atoms with Gasteiger partial charge in [0.15, 0.2) is 0 Å². The number of nitriles is 1. The van der Waals surface area contributed by atoms with Crippen LogP contribution in [0.3, 0.4) is 0 Å². The molecule has 0 saturated carbocycles. The molecule has 0 aromatic carbocycles. The second-order valence-corrected chi connectivity index (χ2v) is 2.33. The minimum absolute atomic E-state index is 0.105. The summed E-state index contributed by atoms with van der Waals surface area (Å²) in [5.74, 6) is -0.862. The monoisotopic (exact) mass is 186 g/mol. The molecule has 5 heteroatoms. The van der Waals surface area contributed by atoms with E-state index in [1.54, 1.807) is 6.07 Å². The first-order chi connectivity index (χ1) is 6.15. The van der Waals surface area contributed by atoms with Gasteiger partial charge in [-0.25, -0.2) is 13.2 Å². The summed E-state index contributed by atoms with van der Waals surface area (Å²) >= 11 is 0. The van der Waals surface area contributed by atoms with Crippen LogP contribution in [0.2, 0.25) is 0 Å². The molecule has 0 aliphatic rings. The van der Waals surface area contributed by atoms with E-state index < -0.39 is 17.8 Å². The van der Waals surface area contributed by atoms with Crippen molar-refractivity contribution >= 4 is 0 Å². The van der Waals surface area contributed by atoms with Gasteiger partial charge in [-0.3, -0.25) is 4.98 Å². The Morgan fingerprint density at radius 3 is 2.69 bits per heavy atom. The molecule has 0 bridgehead atoms. The first-order valence-corrected chi connectivity index (χ1v) is 3.44. The van der Waals surface area contributed by atoms with Gasteiger partial charge in [-0.05, 0) is 6.07 Å². The van der Waals surface area contributed by atoms with Crippen LogP contribution in [0.15, 0.2) is 12.3 Å². The van der Waals surface area contributed by atoms with E-state index in [-0.39, 0.29) is 12.1 Å². The first kappa shape index (κ1) is 9.52. The lowest BCUT2D eigenvalue weighted by atomic mass is 10.2. The highest BCUT2D eigenvalue weighted by molar-refractivity contribution is 5.19. The Morgan fingerprint density at radius 2 is 2.23 bits per heavy atom. The fourth-order valence-corrected chi connectivity index (χ4v) is 0.805. The zero-order valence-corrected chi connectivity index (χ0v) is 6.47. The van der Waals surface area contributed by atoms with E-state index in [2.05, 4.69) is 4.98 Å². The molecule has 68 valence electrons. The van der Waals surface area contributed by atoms with Crippen LogP contribution in [0.25, 0.3) is 0 Å². The number of pyridine rings is 1. The highest BCUT2D eigenvalue weighted by Crippen LogP contribution is 2.19. The molecule has 2 nitrogen and oxygen atoms in total. The van der Waals surface area contributed by atoms with Gasteiger partial charge in [0.05, 0.1) is 18.2 Å². The Kier molecular flexibility index (Phi) is 2.85. The molecule has 1 aromatic heterocycles. The van der Waals surface area contributed by atoms with Crippen LogP contribution in [0.5, 0.6) is 0 Å². The zero-order chi connectivity index (χ0) is 9.84. The first-order valence-electron chi connectivity index (χ1n) is 3.44. The van der Waals surface area contributed by atoms with E-state index in [0.29, 0.717) is 6.07 Å². The van der Waals surface area contributed by atoms with Crippen LogP contribution in [-0.2, 0) is 6.42 Å². The molecule has 0 unspecified atom stereocenters. The van der Waals surface area contributed by atoms with Crippen molar-refractivity contribution in [3.63, 3.8) is 0 Å². The largest absolute Gasteiger partial charge is 0.265 e. The standard InChI is InChI=1S/C8H5F3N2/c9-6-3-5(8(10)11)4-13-7(6)1-2-12/h3-4,8H,1H2. The van der Waals surface area contributed by atoms with Crippen molar-refractivity contribution in [2.75, 3.05) is 0 Å². The number of halogens is 3. The molecule has 13 heavy (non-hydrogen) atoms. The van der Waals surface area contributed by atoms with Crippen LogP contribution in [0, 0.1) is 17.1 Å². The fraction of sp³-hybridized carbons (Fsp3) is 0.250. The Hall–Kier alpha value is -1.57. The van der Waals surface area contributed by atoms with Gasteiger partial charge in [0.25, 0.3) is 6.43 Å². The van der Waals surface area contributed by atoms with Gasteiger partial charge in [0.1, 0.15) is 5.82 Å². The van der Waals surface area contributed by atoms with Crippen molar-refractivity contribution in [1.29, 1.82) is 5.26 Å². The van der Waals surface area contributed by atoms with Crippen LogP contribution in [-0.4, -0.2) is 4.98 Å². The van der Waals surface area contributed by atoms with E-state index in [9.17, 15) is 13.2 Å². The van der Waals surface area contributed by atoms with Crippen molar-refractivity contribution in [2.24, 2.45) is 0 Å². The summed E-state index contributed by atoms with van der Waals surface area (Å²) < 4.78 is 36.8. The van der Waals surface area contributed by atoms with Gasteiger partial charge in [0.2, 0.25) is 0 Å². The van der Waals surface area contributed by atoms with Crippen LogP contribution >= 0.6 is 0 Å². The van der Waals surface area contributed by atoms with Crippen molar-refractivity contribution < 1.29 is 13.2 Å². The third-order valence-electron chi connectivity index (χ3n) is 1.44. The highest BCUT2D eigenvalue weighted by Gasteiger charge is 2.11. The van der Waals surface area contributed by atoms with Gasteiger partial charge in [-0.1, -0.05) is 0 Å². The summed E-state index contributed by atoms with van der Waals surface area (Å²) in [5, 5.41) is 8.22. The van der Waals surface area contributed by atoms with Crippen LogP contribution in [0.4, 0.5) is 13.2 Å². The predicted molar refractivity (Wildman–Crippen MR) is 38.5 cm³/mol. The fourth-order valence-electron chi connectivity index (χ4n) is 0.805. The summed E-state index contributed by atoms with van der Waals surface area (Å²) in [6.07, 6.45) is -2.08. The molecule has 0 fully saturated rings. The molecule has 1 aromatic rings. The number of nitrogens with zero attached hydrogens (tertiary/aromatic N) is 2. The van der Waals surface area contributed by atoms with E-state index >= 15 is 0 Å². The maximum Gasteiger partial charge on any atom is 0.265 e. The lowest BCUT2D eigenvalue weighted by molar-refractivity contribution is 0.150. The molecule has 0 amide bonds. The van der Waals surface area contributed by atoms with E-state index in [0.717, 1.165) is 6.20 Å². The molecule has 1 rings (SSSR count). The Morgan fingerprint density at radius 1 is 1.54 bits per heavy atom. The van der Waals surface area contributed by atoms with Crippen molar-refractivity contribution in [3.8, 4) is 6.07 Å². The molecular formula is C8H5F3N2. The van der Waals surface area contributed by atoms with Gasteiger partial charge in [0, 0.05) is 11.8 Å². The van der Waals surface area contributed by atoms with E-state index in [4.69, 9.17) is 5.26 Å². The molecule has 0 radical (unpaired) electrons. The Labute approximate surface area is 72.6 Å². The average molecular weight is 186 g/mol. The van der Waals surface area contributed by atoms with Crippen LogP contribution < -0.4 is 0 Å². The minimum atomic E-state index is -2.74. The van der Waals surface area contributed by atoms with E-state index in [1.807, 2.05) is 0 Å². The van der Waals surface area contributed by atoms with E-state index in [1.165, 1.54) is 0 Å². The number of aromatic nitrogens is 1. The summed E-state index contributed by atoms with van der Waals surface area (Å²) in [5.41, 5.74) is -0.578. The Balaban J connectivity index is 3.00. The molecule has 0 aliphatic carbocycles. The van der Waals surface area contributed by atoms with Gasteiger partial charge in [-0.15, -0.1) is 0 Å². The highest BCUT2D eigenvalue weighted by atomic mass is 19.3. The molecular weight excluding hydrogens is 181 g/mol.